The molecule has 2 rings (SSSR count). The first-order valence-corrected chi connectivity index (χ1v) is 5.28. The molecule has 0 spiro atoms. The number of aromatic carboxylic acids is 1. The molecule has 0 bridgehead atoms. The van der Waals surface area contributed by atoms with Crippen LogP contribution in [0.4, 0.5) is 10.1 Å². The molecule has 2 aromatic rings. The molecule has 0 saturated heterocycles. The van der Waals surface area contributed by atoms with Gasteiger partial charge < -0.3 is 9.84 Å². The third kappa shape index (κ3) is 2.86. The number of aromatic nitrogens is 1. The maximum atomic E-state index is 12.7. The number of nitrogens with zero attached hydrogens (tertiary/aromatic N) is 2. The molecule has 1 aromatic carbocycles. The molecular formula is C12H7FN2O5. The van der Waals surface area contributed by atoms with Gasteiger partial charge in [0, 0.05) is 12.3 Å². The van der Waals surface area contributed by atoms with Gasteiger partial charge in [0.1, 0.15) is 11.6 Å². The van der Waals surface area contributed by atoms with E-state index in [1.165, 1.54) is 12.1 Å². The highest BCUT2D eigenvalue weighted by molar-refractivity contribution is 5.88. The van der Waals surface area contributed by atoms with Crippen molar-refractivity contribution < 1.29 is 24.0 Å². The Balaban J connectivity index is 2.38. The van der Waals surface area contributed by atoms with Gasteiger partial charge in [-0.05, 0) is 24.3 Å². The Morgan fingerprint density at radius 2 is 2.00 bits per heavy atom. The van der Waals surface area contributed by atoms with Gasteiger partial charge in [-0.25, -0.2) is 14.2 Å². The highest BCUT2D eigenvalue weighted by atomic mass is 19.1. The van der Waals surface area contributed by atoms with Crippen molar-refractivity contribution in [1.29, 1.82) is 0 Å². The Morgan fingerprint density at radius 1 is 1.35 bits per heavy atom. The molecule has 0 saturated carbocycles. The average Bonchev–Trinajstić information content (AvgIpc) is 2.41. The van der Waals surface area contributed by atoms with Crippen molar-refractivity contribution in [3.8, 4) is 11.6 Å². The number of hydrogen-bond donors (Lipinski definition) is 1. The molecular weight excluding hydrogens is 271 g/mol. The van der Waals surface area contributed by atoms with Crippen molar-refractivity contribution in [2.24, 2.45) is 0 Å². The van der Waals surface area contributed by atoms with Crippen LogP contribution in [0.5, 0.6) is 11.6 Å². The van der Waals surface area contributed by atoms with Crippen LogP contribution >= 0.6 is 0 Å². The number of carboxylic acid groups (broad SMARTS) is 1. The van der Waals surface area contributed by atoms with Crippen molar-refractivity contribution in [1.82, 2.24) is 4.98 Å². The van der Waals surface area contributed by atoms with Gasteiger partial charge in [-0.15, -0.1) is 0 Å². The van der Waals surface area contributed by atoms with Crippen LogP contribution in [-0.2, 0) is 0 Å². The first kappa shape index (κ1) is 13.4. The summed E-state index contributed by atoms with van der Waals surface area (Å²) in [5.74, 6) is -2.05. The fourth-order valence-electron chi connectivity index (χ4n) is 1.38. The molecule has 0 unspecified atom stereocenters. The van der Waals surface area contributed by atoms with Crippen molar-refractivity contribution in [2.75, 3.05) is 0 Å². The zero-order chi connectivity index (χ0) is 14.7. The largest absolute Gasteiger partial charge is 0.478 e. The van der Waals surface area contributed by atoms with E-state index >= 15 is 0 Å². The molecule has 0 amide bonds. The van der Waals surface area contributed by atoms with Crippen LogP contribution in [0.25, 0.3) is 0 Å². The molecule has 0 aliphatic heterocycles. The molecule has 1 aromatic heterocycles. The summed E-state index contributed by atoms with van der Waals surface area (Å²) in [4.78, 5) is 24.4. The van der Waals surface area contributed by atoms with E-state index in [2.05, 4.69) is 4.98 Å². The lowest BCUT2D eigenvalue weighted by atomic mass is 10.2. The molecule has 0 aliphatic carbocycles. The first-order chi connectivity index (χ1) is 9.47. The zero-order valence-corrected chi connectivity index (χ0v) is 9.82. The number of rotatable bonds is 4. The third-order valence-corrected chi connectivity index (χ3v) is 2.30. The molecule has 0 radical (unpaired) electrons. The van der Waals surface area contributed by atoms with Gasteiger partial charge in [0.25, 0.3) is 5.88 Å². The number of halogens is 1. The highest BCUT2D eigenvalue weighted by Crippen LogP contribution is 2.29. The van der Waals surface area contributed by atoms with Crippen molar-refractivity contribution in [2.45, 2.75) is 0 Å². The number of pyridine rings is 1. The summed E-state index contributed by atoms with van der Waals surface area (Å²) in [6.45, 7) is 0. The van der Waals surface area contributed by atoms with Gasteiger partial charge in [-0.1, -0.05) is 0 Å². The Morgan fingerprint density at radius 3 is 2.55 bits per heavy atom. The third-order valence-electron chi connectivity index (χ3n) is 2.30. The van der Waals surface area contributed by atoms with Crippen LogP contribution in [0.3, 0.4) is 0 Å². The molecule has 0 atom stereocenters. The summed E-state index contributed by atoms with van der Waals surface area (Å²) < 4.78 is 17.9. The number of hydrogen-bond acceptors (Lipinski definition) is 5. The Labute approximate surface area is 111 Å². The summed E-state index contributed by atoms with van der Waals surface area (Å²) in [7, 11) is 0. The van der Waals surface area contributed by atoms with Crippen molar-refractivity contribution >= 4 is 11.7 Å². The van der Waals surface area contributed by atoms with E-state index in [4.69, 9.17) is 9.84 Å². The Hall–Kier alpha value is -3.03. The quantitative estimate of drug-likeness (QED) is 0.681. The normalized spacial score (nSPS) is 10.1. The van der Waals surface area contributed by atoms with Crippen LogP contribution in [0.15, 0.2) is 36.5 Å². The second-order valence-corrected chi connectivity index (χ2v) is 3.67. The standard InChI is InChI=1S/C12H7FN2O5/c13-8-1-3-9(4-2-8)20-11-10(15(18)19)5-7(6-14-11)12(16)17/h1-6H,(H,16,17). The summed E-state index contributed by atoms with van der Waals surface area (Å²) in [5.41, 5.74) is -0.919. The maximum Gasteiger partial charge on any atom is 0.337 e. The van der Waals surface area contributed by atoms with Gasteiger partial charge >= 0.3 is 11.7 Å². The molecule has 8 heteroatoms. The Bertz CT molecular complexity index is 672. The maximum absolute atomic E-state index is 12.7. The Kier molecular flexibility index (Phi) is 3.56. The summed E-state index contributed by atoms with van der Waals surface area (Å²) in [5, 5.41) is 19.6. The fourth-order valence-corrected chi connectivity index (χ4v) is 1.38. The van der Waals surface area contributed by atoms with Crippen LogP contribution in [0, 0.1) is 15.9 Å². The predicted octanol–water partition coefficient (Wildman–Crippen LogP) is 2.62. The summed E-state index contributed by atoms with van der Waals surface area (Å²) in [6.07, 6.45) is 0.939. The first-order valence-electron chi connectivity index (χ1n) is 5.28. The van der Waals surface area contributed by atoms with Crippen molar-refractivity contribution in [3.63, 3.8) is 0 Å². The second-order valence-electron chi connectivity index (χ2n) is 3.67. The number of benzene rings is 1. The van der Waals surface area contributed by atoms with E-state index in [0.29, 0.717) is 0 Å². The highest BCUT2D eigenvalue weighted by Gasteiger charge is 2.20. The molecule has 0 fully saturated rings. The van der Waals surface area contributed by atoms with E-state index in [9.17, 15) is 19.3 Å². The fraction of sp³-hybridized carbons (Fsp3) is 0. The minimum atomic E-state index is -1.34. The zero-order valence-electron chi connectivity index (χ0n) is 9.82. The number of carbonyl (C=O) groups is 1. The van der Waals surface area contributed by atoms with Gasteiger partial charge in [0.2, 0.25) is 0 Å². The lowest BCUT2D eigenvalue weighted by Crippen LogP contribution is -2.02. The second kappa shape index (κ2) is 5.31. The molecule has 20 heavy (non-hydrogen) atoms. The number of carboxylic acids is 1. The molecule has 1 heterocycles. The molecule has 7 nitrogen and oxygen atoms in total. The minimum absolute atomic E-state index is 0.144. The van der Waals surface area contributed by atoms with Gasteiger partial charge in [-0.2, -0.15) is 0 Å². The van der Waals surface area contributed by atoms with Crippen molar-refractivity contribution in [3.05, 3.63) is 58.0 Å². The van der Waals surface area contributed by atoms with E-state index in [1.807, 2.05) is 0 Å². The monoisotopic (exact) mass is 278 g/mol. The van der Waals surface area contributed by atoms with Crippen LogP contribution in [0.2, 0.25) is 0 Å². The molecule has 102 valence electrons. The smallest absolute Gasteiger partial charge is 0.337 e. The van der Waals surface area contributed by atoms with E-state index in [1.54, 1.807) is 0 Å². The number of nitro groups is 1. The van der Waals surface area contributed by atoms with Crippen LogP contribution in [-0.4, -0.2) is 21.0 Å². The minimum Gasteiger partial charge on any atom is -0.478 e. The molecule has 0 aliphatic rings. The van der Waals surface area contributed by atoms with Gasteiger partial charge in [0.15, 0.2) is 0 Å². The van der Waals surface area contributed by atoms with Gasteiger partial charge in [-0.3, -0.25) is 10.1 Å². The van der Waals surface area contributed by atoms with Gasteiger partial charge in [0.05, 0.1) is 10.5 Å². The SMILES string of the molecule is O=C(O)c1cnc(Oc2ccc(F)cc2)c([N+](=O)[O-])c1. The summed E-state index contributed by atoms with van der Waals surface area (Å²) in [6, 6.07) is 5.62. The average molecular weight is 278 g/mol. The lowest BCUT2D eigenvalue weighted by molar-refractivity contribution is -0.386. The van der Waals surface area contributed by atoms with Crippen LogP contribution < -0.4 is 4.74 Å². The van der Waals surface area contributed by atoms with Crippen LogP contribution in [0.1, 0.15) is 10.4 Å². The predicted molar refractivity (Wildman–Crippen MR) is 64.3 cm³/mol. The number of ether oxygens (including phenoxy) is 1. The van der Waals surface area contributed by atoms with E-state index in [0.717, 1.165) is 24.4 Å². The lowest BCUT2D eigenvalue weighted by Gasteiger charge is -2.05. The summed E-state index contributed by atoms with van der Waals surface area (Å²) >= 11 is 0. The topological polar surface area (TPSA) is 103 Å². The molecule has 1 N–H and O–H groups in total. The van der Waals surface area contributed by atoms with E-state index < -0.39 is 22.4 Å². The van der Waals surface area contributed by atoms with E-state index in [-0.39, 0.29) is 17.2 Å².